The van der Waals surface area contributed by atoms with Gasteiger partial charge in [0.2, 0.25) is 0 Å². The molecule has 3 aromatic carbocycles. The number of benzene rings is 3. The average Bonchev–Trinajstić information content (AvgIpc) is 3.17. The Morgan fingerprint density at radius 1 is 0.923 bits per heavy atom. The van der Waals surface area contributed by atoms with Gasteiger partial charge in [-0.3, -0.25) is 14.5 Å². The Hall–Kier alpha value is -4.39. The smallest absolute Gasteiger partial charge is 0.337 e. The molecule has 0 radical (unpaired) electrons. The van der Waals surface area contributed by atoms with Gasteiger partial charge < -0.3 is 14.6 Å². The second-order valence-corrected chi connectivity index (χ2v) is 10.8. The Kier molecular flexibility index (Phi) is 7.63. The fourth-order valence-electron chi connectivity index (χ4n) is 4.60. The van der Waals surface area contributed by atoms with Crippen LogP contribution in [0, 0.1) is 0 Å². The number of anilines is 1. The van der Waals surface area contributed by atoms with Crippen molar-refractivity contribution in [3.63, 3.8) is 0 Å². The molecule has 1 heterocycles. The third kappa shape index (κ3) is 5.58. The summed E-state index contributed by atoms with van der Waals surface area (Å²) in [5, 5.41) is 11.5. The fourth-order valence-corrected chi connectivity index (χ4v) is 4.60. The molecule has 202 valence electrons. The first kappa shape index (κ1) is 27.6. The number of rotatable bonds is 6. The summed E-state index contributed by atoms with van der Waals surface area (Å²) in [4.78, 5) is 40.3. The predicted octanol–water partition coefficient (Wildman–Crippen LogP) is 6.18. The van der Waals surface area contributed by atoms with Crippen LogP contribution in [0.1, 0.15) is 67.7 Å². The zero-order valence-electron chi connectivity index (χ0n) is 23.0. The second-order valence-electron chi connectivity index (χ2n) is 10.8. The number of carbonyl (C=O) groups excluding carboxylic acids is 3. The zero-order valence-corrected chi connectivity index (χ0v) is 23.0. The average molecular weight is 528 g/mol. The van der Waals surface area contributed by atoms with Gasteiger partial charge in [0.15, 0.2) is 0 Å². The molecule has 1 unspecified atom stereocenters. The first-order valence-electron chi connectivity index (χ1n) is 12.8. The van der Waals surface area contributed by atoms with E-state index in [1.54, 1.807) is 36.4 Å². The number of ether oxygens (including phenoxy) is 2. The Bertz CT molecular complexity index is 1430. The van der Waals surface area contributed by atoms with Gasteiger partial charge in [0.05, 0.1) is 30.4 Å². The molecule has 1 aliphatic rings. The Morgan fingerprint density at radius 2 is 1.56 bits per heavy atom. The number of ketones is 1. The quantitative estimate of drug-likeness (QED) is 0.178. The number of esters is 1. The summed E-state index contributed by atoms with van der Waals surface area (Å²) in [7, 11) is 1.29. The van der Waals surface area contributed by atoms with Crippen LogP contribution >= 0.6 is 0 Å². The molecule has 39 heavy (non-hydrogen) atoms. The molecule has 3 aromatic rings. The van der Waals surface area contributed by atoms with E-state index in [1.165, 1.54) is 24.1 Å². The third-order valence-corrected chi connectivity index (χ3v) is 6.58. The van der Waals surface area contributed by atoms with Crippen molar-refractivity contribution in [3.8, 4) is 5.75 Å². The molecule has 4 rings (SSSR count). The van der Waals surface area contributed by atoms with Gasteiger partial charge >= 0.3 is 5.97 Å². The van der Waals surface area contributed by atoms with E-state index in [-0.39, 0.29) is 22.9 Å². The molecule has 0 aromatic heterocycles. The van der Waals surface area contributed by atoms with Gasteiger partial charge in [-0.15, -0.1) is 0 Å². The molecule has 1 saturated heterocycles. The maximum atomic E-state index is 13.5. The third-order valence-electron chi connectivity index (χ3n) is 6.58. The van der Waals surface area contributed by atoms with Crippen LogP contribution in [0.2, 0.25) is 0 Å². The molecule has 7 heteroatoms. The van der Waals surface area contributed by atoms with Crippen molar-refractivity contribution in [2.75, 3.05) is 12.0 Å². The van der Waals surface area contributed by atoms with Crippen LogP contribution in [-0.2, 0) is 19.7 Å². The summed E-state index contributed by atoms with van der Waals surface area (Å²) in [6.45, 7) is 10.1. The van der Waals surface area contributed by atoms with Crippen LogP contribution in [-0.4, -0.2) is 36.0 Å². The van der Waals surface area contributed by atoms with Crippen LogP contribution in [0.4, 0.5) is 5.69 Å². The van der Waals surface area contributed by atoms with Crippen LogP contribution < -0.4 is 9.64 Å². The van der Waals surface area contributed by atoms with Crippen molar-refractivity contribution in [3.05, 3.63) is 101 Å². The van der Waals surface area contributed by atoms with Crippen molar-refractivity contribution in [2.24, 2.45) is 0 Å². The molecule has 0 bridgehead atoms. The summed E-state index contributed by atoms with van der Waals surface area (Å²) in [5.41, 5.74) is 2.71. The molecule has 1 aliphatic heterocycles. The number of hydrogen-bond acceptors (Lipinski definition) is 6. The first-order valence-corrected chi connectivity index (χ1v) is 12.8. The lowest BCUT2D eigenvalue weighted by Gasteiger charge is -2.26. The highest BCUT2D eigenvalue weighted by Crippen LogP contribution is 2.43. The van der Waals surface area contributed by atoms with Crippen molar-refractivity contribution in [2.45, 2.75) is 52.2 Å². The van der Waals surface area contributed by atoms with Crippen LogP contribution in [0.15, 0.2) is 78.4 Å². The predicted molar refractivity (Wildman–Crippen MR) is 150 cm³/mol. The Morgan fingerprint density at radius 3 is 2.13 bits per heavy atom. The van der Waals surface area contributed by atoms with Gasteiger partial charge in [-0.25, -0.2) is 4.79 Å². The Balaban J connectivity index is 1.88. The van der Waals surface area contributed by atoms with Crippen LogP contribution in [0.5, 0.6) is 5.75 Å². The van der Waals surface area contributed by atoms with Gasteiger partial charge in [-0.2, -0.15) is 0 Å². The first-order chi connectivity index (χ1) is 18.4. The maximum Gasteiger partial charge on any atom is 0.337 e. The minimum atomic E-state index is -0.891. The molecule has 7 nitrogen and oxygen atoms in total. The van der Waals surface area contributed by atoms with E-state index in [4.69, 9.17) is 9.47 Å². The monoisotopic (exact) mass is 527 g/mol. The summed E-state index contributed by atoms with van der Waals surface area (Å²) < 4.78 is 10.5. The number of carbonyl (C=O) groups is 3. The van der Waals surface area contributed by atoms with E-state index >= 15 is 0 Å². The SMILES string of the molecule is COC(=O)c1ccc(N2C(=O)C(=O)/C(=C(/O)c3cccc(OC(C)C)c3)C2c2ccc(C(C)(C)C)cc2)cc1. The van der Waals surface area contributed by atoms with Crippen LogP contribution in [0.25, 0.3) is 5.76 Å². The summed E-state index contributed by atoms with van der Waals surface area (Å²) >= 11 is 0. The van der Waals surface area contributed by atoms with E-state index in [0.717, 1.165) is 5.56 Å². The van der Waals surface area contributed by atoms with Crippen LogP contribution in [0.3, 0.4) is 0 Å². The number of aliphatic hydroxyl groups is 1. The van der Waals surface area contributed by atoms with Gasteiger partial charge in [0.25, 0.3) is 11.7 Å². The van der Waals surface area contributed by atoms with Crippen molar-refractivity contribution < 1.29 is 29.0 Å². The lowest BCUT2D eigenvalue weighted by molar-refractivity contribution is -0.132. The standard InChI is InChI=1S/C32H33NO6/c1-19(2)39-25-9-7-8-22(18-25)28(34)26-27(20-10-14-23(15-11-20)32(3,4)5)33(30(36)29(26)35)24-16-12-21(13-17-24)31(37)38-6/h7-19,27,34H,1-6H3/b28-26+. The second kappa shape index (κ2) is 10.8. The van der Waals surface area contributed by atoms with Crippen molar-refractivity contribution >= 4 is 29.1 Å². The molecule has 1 atom stereocenters. The minimum Gasteiger partial charge on any atom is -0.507 e. The fraction of sp³-hybridized carbons (Fsp3) is 0.281. The Labute approximate surface area is 228 Å². The molecular formula is C32H33NO6. The number of Topliss-reactive ketones (excluding diaryl/α,β-unsaturated/α-hetero) is 1. The minimum absolute atomic E-state index is 0.0257. The molecule has 1 amide bonds. The van der Waals surface area contributed by atoms with E-state index in [9.17, 15) is 19.5 Å². The summed E-state index contributed by atoms with van der Waals surface area (Å²) in [5.74, 6) is -1.85. The van der Waals surface area contributed by atoms with E-state index in [0.29, 0.717) is 28.1 Å². The highest BCUT2D eigenvalue weighted by atomic mass is 16.5. The van der Waals surface area contributed by atoms with E-state index in [1.807, 2.05) is 38.1 Å². The van der Waals surface area contributed by atoms with Crippen molar-refractivity contribution in [1.29, 1.82) is 0 Å². The lowest BCUT2D eigenvalue weighted by atomic mass is 9.85. The van der Waals surface area contributed by atoms with Gasteiger partial charge in [-0.05, 0) is 66.8 Å². The topological polar surface area (TPSA) is 93.1 Å². The molecule has 1 fully saturated rings. The number of nitrogens with zero attached hydrogens (tertiary/aromatic N) is 1. The number of amides is 1. The lowest BCUT2D eigenvalue weighted by Crippen LogP contribution is -2.29. The zero-order chi connectivity index (χ0) is 28.5. The normalized spacial score (nSPS) is 17.0. The number of methoxy groups -OCH3 is 1. The maximum absolute atomic E-state index is 13.5. The molecule has 0 saturated carbocycles. The molecule has 0 spiro atoms. The van der Waals surface area contributed by atoms with Gasteiger partial charge in [0, 0.05) is 11.3 Å². The van der Waals surface area contributed by atoms with Gasteiger partial charge in [-0.1, -0.05) is 57.2 Å². The van der Waals surface area contributed by atoms with Crippen molar-refractivity contribution in [1.82, 2.24) is 0 Å². The molecular weight excluding hydrogens is 494 g/mol. The molecule has 0 aliphatic carbocycles. The van der Waals surface area contributed by atoms with Gasteiger partial charge in [0.1, 0.15) is 11.5 Å². The highest BCUT2D eigenvalue weighted by Gasteiger charge is 2.47. The number of aliphatic hydroxyl groups excluding tert-OH is 1. The summed E-state index contributed by atoms with van der Waals surface area (Å²) in [6, 6.07) is 19.8. The highest BCUT2D eigenvalue weighted by molar-refractivity contribution is 6.51. The van der Waals surface area contributed by atoms with E-state index in [2.05, 4.69) is 20.8 Å². The summed E-state index contributed by atoms with van der Waals surface area (Å²) in [6.07, 6.45) is -0.0812. The largest absolute Gasteiger partial charge is 0.507 e. The molecule has 1 N–H and O–H groups in total. The van der Waals surface area contributed by atoms with E-state index < -0.39 is 23.7 Å². The number of hydrogen-bond donors (Lipinski definition) is 1.